The number of amides is 4. The summed E-state index contributed by atoms with van der Waals surface area (Å²) in [5.41, 5.74) is 5.32. The smallest absolute Gasteiger partial charge is 0.342 e. The van der Waals surface area contributed by atoms with Gasteiger partial charge < -0.3 is 14.9 Å². The Balaban J connectivity index is 1.96. The zero-order valence-corrected chi connectivity index (χ0v) is 19.1. The Hall–Kier alpha value is -3.60. The van der Waals surface area contributed by atoms with Gasteiger partial charge in [-0.1, -0.05) is 12.1 Å². The minimum atomic E-state index is -1.18. The topological polar surface area (TPSA) is 149 Å². The number of primary amides is 1. The summed E-state index contributed by atoms with van der Waals surface area (Å²) in [6, 6.07) is 5.12. The number of furan rings is 1. The van der Waals surface area contributed by atoms with Crippen LogP contribution in [0.4, 0.5) is 5.88 Å². The van der Waals surface area contributed by atoms with Gasteiger partial charge in [0.05, 0.1) is 17.7 Å². The standard InChI is InChI=1S/C22H23N3O7S/c1-4-31-22(30)15-11(2)32-19(16(15)17(23)26)24-18(27)14(9-10-33-3)25-20(28)12-7-5-6-8-13(12)21(25)29/h5-8,14H,4,9-10H2,1-3H3,(H2,23,26)(H,24,27). The van der Waals surface area contributed by atoms with Gasteiger partial charge in [-0.25, -0.2) is 4.79 Å². The van der Waals surface area contributed by atoms with E-state index in [2.05, 4.69) is 5.32 Å². The minimum absolute atomic E-state index is 0.0268. The van der Waals surface area contributed by atoms with Crippen molar-refractivity contribution in [1.82, 2.24) is 4.90 Å². The zero-order chi connectivity index (χ0) is 24.3. The number of nitrogens with zero attached hydrogens (tertiary/aromatic N) is 1. The summed E-state index contributed by atoms with van der Waals surface area (Å²) >= 11 is 1.43. The van der Waals surface area contributed by atoms with Crippen molar-refractivity contribution in [2.75, 3.05) is 23.9 Å². The third-order valence-corrected chi connectivity index (χ3v) is 5.73. The number of carbonyl (C=O) groups excluding carboxylic acids is 5. The van der Waals surface area contributed by atoms with Crippen LogP contribution in [0.1, 0.15) is 60.5 Å². The minimum Gasteiger partial charge on any atom is -0.462 e. The highest BCUT2D eigenvalue weighted by molar-refractivity contribution is 7.98. The van der Waals surface area contributed by atoms with E-state index in [0.29, 0.717) is 5.75 Å². The number of imide groups is 1. The molecule has 0 fully saturated rings. The summed E-state index contributed by atoms with van der Waals surface area (Å²) < 4.78 is 10.4. The molecule has 4 amide bonds. The Kier molecular flexibility index (Phi) is 7.22. The number of benzene rings is 1. The van der Waals surface area contributed by atoms with Crippen LogP contribution in [0.2, 0.25) is 0 Å². The second-order valence-electron chi connectivity index (χ2n) is 7.13. The number of rotatable bonds is 9. The highest BCUT2D eigenvalue weighted by atomic mass is 32.2. The van der Waals surface area contributed by atoms with Gasteiger partial charge in [0, 0.05) is 0 Å². The molecular formula is C22H23N3O7S. The molecule has 1 aliphatic heterocycles. The van der Waals surface area contributed by atoms with Gasteiger partial charge in [-0.05, 0) is 44.4 Å². The molecule has 3 N–H and O–H groups in total. The van der Waals surface area contributed by atoms with Crippen LogP contribution in [0.25, 0.3) is 0 Å². The predicted octanol–water partition coefficient (Wildman–Crippen LogP) is 2.22. The van der Waals surface area contributed by atoms with Gasteiger partial charge in [-0.15, -0.1) is 0 Å². The fraction of sp³-hybridized carbons (Fsp3) is 0.318. The van der Waals surface area contributed by atoms with Gasteiger partial charge in [0.1, 0.15) is 22.9 Å². The molecule has 2 aromatic rings. The van der Waals surface area contributed by atoms with E-state index in [0.717, 1.165) is 4.90 Å². The molecule has 0 aliphatic carbocycles. The monoisotopic (exact) mass is 473 g/mol. The summed E-state index contributed by atoms with van der Waals surface area (Å²) in [6.45, 7) is 3.07. The van der Waals surface area contributed by atoms with E-state index in [1.165, 1.54) is 30.8 Å². The van der Waals surface area contributed by atoms with Gasteiger partial charge >= 0.3 is 5.97 Å². The van der Waals surface area contributed by atoms with Gasteiger partial charge in [-0.3, -0.25) is 29.4 Å². The van der Waals surface area contributed by atoms with Gasteiger partial charge in [-0.2, -0.15) is 11.8 Å². The summed E-state index contributed by atoms with van der Waals surface area (Å²) in [7, 11) is 0. The fourth-order valence-electron chi connectivity index (χ4n) is 3.61. The van der Waals surface area contributed by atoms with Gasteiger partial charge in [0.15, 0.2) is 0 Å². The molecule has 0 saturated heterocycles. The van der Waals surface area contributed by atoms with E-state index in [-0.39, 0.29) is 46.9 Å². The summed E-state index contributed by atoms with van der Waals surface area (Å²) in [5.74, 6) is -3.62. The summed E-state index contributed by atoms with van der Waals surface area (Å²) in [4.78, 5) is 64.4. The maximum absolute atomic E-state index is 13.2. The van der Waals surface area contributed by atoms with Crippen molar-refractivity contribution in [2.45, 2.75) is 26.3 Å². The number of aryl methyl sites for hydroxylation is 1. The summed E-state index contributed by atoms with van der Waals surface area (Å²) in [5, 5.41) is 2.43. The Morgan fingerprint density at radius 1 is 1.15 bits per heavy atom. The fourth-order valence-corrected chi connectivity index (χ4v) is 4.07. The Labute approximate surface area is 193 Å². The molecule has 2 heterocycles. The molecule has 0 saturated carbocycles. The predicted molar refractivity (Wildman–Crippen MR) is 120 cm³/mol. The SMILES string of the molecule is CCOC(=O)c1c(C)oc(NC(=O)C(CCSC)N2C(=O)c3ccccc3C2=O)c1C(N)=O. The first-order valence-electron chi connectivity index (χ1n) is 10.1. The first kappa shape index (κ1) is 24.1. The van der Waals surface area contributed by atoms with Crippen molar-refractivity contribution < 1.29 is 33.1 Å². The van der Waals surface area contributed by atoms with Crippen molar-refractivity contribution in [3.05, 3.63) is 52.3 Å². The molecule has 1 aromatic carbocycles. The maximum atomic E-state index is 13.2. The molecule has 10 nitrogen and oxygen atoms in total. The van der Waals surface area contributed by atoms with Crippen LogP contribution in [0.5, 0.6) is 0 Å². The highest BCUT2D eigenvalue weighted by Crippen LogP contribution is 2.30. The second kappa shape index (κ2) is 9.90. The van der Waals surface area contributed by atoms with Crippen LogP contribution in [-0.4, -0.2) is 59.2 Å². The lowest BCUT2D eigenvalue weighted by atomic mass is 10.1. The number of ether oxygens (including phenoxy) is 1. The normalized spacial score (nSPS) is 13.6. The average molecular weight is 474 g/mol. The molecule has 0 spiro atoms. The lowest BCUT2D eigenvalue weighted by molar-refractivity contribution is -0.120. The van der Waals surface area contributed by atoms with E-state index in [4.69, 9.17) is 14.9 Å². The average Bonchev–Trinajstić information content (AvgIpc) is 3.23. The Morgan fingerprint density at radius 2 is 1.76 bits per heavy atom. The van der Waals surface area contributed by atoms with Crippen molar-refractivity contribution in [3.8, 4) is 0 Å². The number of hydrogen-bond acceptors (Lipinski definition) is 8. The molecule has 0 bridgehead atoms. The molecule has 3 rings (SSSR count). The van der Waals surface area contributed by atoms with Crippen LogP contribution in [0, 0.1) is 6.92 Å². The zero-order valence-electron chi connectivity index (χ0n) is 18.3. The van der Waals surface area contributed by atoms with E-state index in [9.17, 15) is 24.0 Å². The molecule has 1 aromatic heterocycles. The molecule has 174 valence electrons. The van der Waals surface area contributed by atoms with E-state index >= 15 is 0 Å². The number of nitrogens with two attached hydrogens (primary N) is 1. The molecule has 11 heteroatoms. The Bertz CT molecular complexity index is 1110. The van der Waals surface area contributed by atoms with E-state index in [1.54, 1.807) is 19.1 Å². The van der Waals surface area contributed by atoms with Crippen molar-refractivity contribution >= 4 is 47.2 Å². The van der Waals surface area contributed by atoms with E-state index < -0.39 is 35.6 Å². The van der Waals surface area contributed by atoms with Crippen LogP contribution >= 0.6 is 11.8 Å². The van der Waals surface area contributed by atoms with Crippen LogP contribution in [0.15, 0.2) is 28.7 Å². The molecule has 1 unspecified atom stereocenters. The van der Waals surface area contributed by atoms with Crippen molar-refractivity contribution in [1.29, 1.82) is 0 Å². The first-order valence-corrected chi connectivity index (χ1v) is 11.5. The quantitative estimate of drug-likeness (QED) is 0.416. The number of anilines is 1. The second-order valence-corrected chi connectivity index (χ2v) is 8.12. The number of fused-ring (bicyclic) bond motifs is 1. The van der Waals surface area contributed by atoms with Crippen LogP contribution in [-0.2, 0) is 9.53 Å². The number of carbonyl (C=O) groups is 5. The largest absolute Gasteiger partial charge is 0.462 e. The molecule has 0 radical (unpaired) electrons. The third kappa shape index (κ3) is 4.49. The first-order chi connectivity index (χ1) is 15.7. The van der Waals surface area contributed by atoms with Crippen molar-refractivity contribution in [3.63, 3.8) is 0 Å². The van der Waals surface area contributed by atoms with E-state index in [1.807, 2.05) is 6.26 Å². The van der Waals surface area contributed by atoms with Gasteiger partial charge in [0.25, 0.3) is 17.7 Å². The van der Waals surface area contributed by atoms with Gasteiger partial charge in [0.2, 0.25) is 11.8 Å². The molecular weight excluding hydrogens is 450 g/mol. The molecule has 1 aliphatic rings. The number of esters is 1. The summed E-state index contributed by atoms with van der Waals surface area (Å²) in [6.07, 6.45) is 1.98. The third-order valence-electron chi connectivity index (χ3n) is 5.08. The molecule has 33 heavy (non-hydrogen) atoms. The number of hydrogen-bond donors (Lipinski definition) is 2. The van der Waals surface area contributed by atoms with Crippen LogP contribution in [0.3, 0.4) is 0 Å². The number of nitrogens with one attached hydrogen (secondary N) is 1. The van der Waals surface area contributed by atoms with Crippen LogP contribution < -0.4 is 11.1 Å². The lowest BCUT2D eigenvalue weighted by Crippen LogP contribution is -2.47. The molecule has 1 atom stereocenters. The maximum Gasteiger partial charge on any atom is 0.342 e. The number of thioether (sulfide) groups is 1. The van der Waals surface area contributed by atoms with Crippen molar-refractivity contribution in [2.24, 2.45) is 5.73 Å². The Morgan fingerprint density at radius 3 is 2.27 bits per heavy atom. The lowest BCUT2D eigenvalue weighted by Gasteiger charge is -2.24. The highest BCUT2D eigenvalue weighted by Gasteiger charge is 2.43.